The topological polar surface area (TPSA) is 79.0 Å². The summed E-state index contributed by atoms with van der Waals surface area (Å²) in [4.78, 5) is 17.4. The van der Waals surface area contributed by atoms with E-state index in [1.54, 1.807) is 24.3 Å². The molecule has 3 aromatic carbocycles. The number of carbonyl (C=O) groups is 1. The number of anilines is 1. The molecule has 4 rings (SSSR count). The molecule has 1 heterocycles. The van der Waals surface area contributed by atoms with E-state index in [1.807, 2.05) is 29.2 Å². The lowest BCUT2D eigenvalue weighted by molar-refractivity contribution is -0.134. The molecule has 1 saturated heterocycles. The van der Waals surface area contributed by atoms with Gasteiger partial charge in [-0.05, 0) is 72.9 Å². The first-order chi connectivity index (χ1) is 19.6. The van der Waals surface area contributed by atoms with E-state index < -0.39 is 21.7 Å². The summed E-state index contributed by atoms with van der Waals surface area (Å²) in [5.41, 5.74) is 1.84. The van der Waals surface area contributed by atoms with E-state index in [0.29, 0.717) is 23.7 Å². The van der Waals surface area contributed by atoms with Crippen LogP contribution in [0.3, 0.4) is 0 Å². The predicted octanol–water partition coefficient (Wildman–Crippen LogP) is 6.39. The molecule has 0 spiro atoms. The van der Waals surface area contributed by atoms with Crippen LogP contribution in [0.4, 0.5) is 14.5 Å². The molecule has 1 amide bonds. The summed E-state index contributed by atoms with van der Waals surface area (Å²) >= 11 is 0. The maximum Gasteiger partial charge on any atom is 0.229 e. The minimum atomic E-state index is -3.33. The molecule has 0 saturated carbocycles. The molecule has 0 aromatic heterocycles. The van der Waals surface area contributed by atoms with Crippen LogP contribution in [0.15, 0.2) is 66.7 Å². The number of unbranched alkanes of at least 4 members (excludes halogenated alkanes) is 1. The SMILES string of the molecule is CCCCN(C(=O)Cc1ccc(F)cc1F)C1CCN(Cc2ccc(Oc3ccc(NS(C)(=O)=O)cc3)cc2)CC1.Cl. The summed E-state index contributed by atoms with van der Waals surface area (Å²) in [6.45, 7) is 5.19. The summed E-state index contributed by atoms with van der Waals surface area (Å²) in [6, 6.07) is 18.0. The lowest BCUT2D eigenvalue weighted by Gasteiger charge is -2.39. The van der Waals surface area contributed by atoms with Crippen LogP contribution in [0.1, 0.15) is 43.7 Å². The lowest BCUT2D eigenvalue weighted by Crippen LogP contribution is -2.48. The molecule has 0 unspecified atom stereocenters. The number of likely N-dealkylation sites (tertiary alicyclic amines) is 1. The molecule has 228 valence electrons. The van der Waals surface area contributed by atoms with Crippen molar-refractivity contribution in [3.05, 3.63) is 89.5 Å². The zero-order valence-corrected chi connectivity index (χ0v) is 25.5. The molecule has 1 aliphatic heterocycles. The summed E-state index contributed by atoms with van der Waals surface area (Å²) in [5.74, 6) is -0.159. The normalized spacial score (nSPS) is 14.2. The number of rotatable bonds is 12. The second-order valence-corrected chi connectivity index (χ2v) is 12.3. The van der Waals surface area contributed by atoms with Gasteiger partial charge in [0.15, 0.2) is 0 Å². The first kappa shape index (κ1) is 33.3. The summed E-state index contributed by atoms with van der Waals surface area (Å²) in [6.07, 6.45) is 4.56. The van der Waals surface area contributed by atoms with Crippen LogP contribution in [0.5, 0.6) is 11.5 Å². The number of hydrogen-bond acceptors (Lipinski definition) is 5. The van der Waals surface area contributed by atoms with Crippen molar-refractivity contribution < 1.29 is 26.7 Å². The Balaban J connectivity index is 0.00000484. The molecule has 3 aromatic rings. The molecule has 42 heavy (non-hydrogen) atoms. The van der Waals surface area contributed by atoms with Crippen molar-refractivity contribution in [2.24, 2.45) is 0 Å². The van der Waals surface area contributed by atoms with E-state index in [-0.39, 0.29) is 36.3 Å². The zero-order chi connectivity index (χ0) is 29.4. The minimum absolute atomic E-state index is 0. The zero-order valence-electron chi connectivity index (χ0n) is 23.9. The van der Waals surface area contributed by atoms with Crippen LogP contribution < -0.4 is 9.46 Å². The van der Waals surface area contributed by atoms with Gasteiger partial charge in [0.05, 0.1) is 12.7 Å². The monoisotopic (exact) mass is 621 g/mol. The Labute approximate surface area is 253 Å². The third kappa shape index (κ3) is 9.96. The number of benzene rings is 3. The quantitative estimate of drug-likeness (QED) is 0.254. The molecule has 1 N–H and O–H groups in total. The fourth-order valence-corrected chi connectivity index (χ4v) is 5.58. The number of sulfonamides is 1. The molecule has 0 aliphatic carbocycles. The van der Waals surface area contributed by atoms with E-state index in [0.717, 1.165) is 63.2 Å². The first-order valence-corrected chi connectivity index (χ1v) is 15.8. The van der Waals surface area contributed by atoms with E-state index >= 15 is 0 Å². The highest BCUT2D eigenvalue weighted by Gasteiger charge is 2.28. The maximum absolute atomic E-state index is 14.2. The molecule has 7 nitrogen and oxygen atoms in total. The Morgan fingerprint density at radius 2 is 1.62 bits per heavy atom. The van der Waals surface area contributed by atoms with Gasteiger partial charge in [-0.25, -0.2) is 17.2 Å². The molecule has 1 fully saturated rings. The van der Waals surface area contributed by atoms with Crippen molar-refractivity contribution >= 4 is 34.0 Å². The number of nitrogens with one attached hydrogen (secondary N) is 1. The van der Waals surface area contributed by atoms with E-state index in [9.17, 15) is 22.0 Å². The highest BCUT2D eigenvalue weighted by Crippen LogP contribution is 2.25. The fraction of sp³-hybridized carbons (Fsp3) is 0.387. The van der Waals surface area contributed by atoms with Gasteiger partial charge in [-0.2, -0.15) is 0 Å². The molecule has 0 radical (unpaired) electrons. The van der Waals surface area contributed by atoms with Gasteiger partial charge in [0, 0.05) is 44.0 Å². The van der Waals surface area contributed by atoms with Crippen molar-refractivity contribution in [2.45, 2.75) is 51.6 Å². The standard InChI is InChI=1S/C31H37F2N3O4S.ClH/c1-3-4-17-36(31(37)20-24-7-8-25(32)21-30(24)33)27-15-18-35(19-16-27)22-23-5-11-28(12-6-23)40-29-13-9-26(10-14-29)34-41(2,38)39;/h5-14,21,27,34H,3-4,15-20,22H2,1-2H3;1H. The van der Waals surface area contributed by atoms with Gasteiger partial charge in [0.1, 0.15) is 23.1 Å². The lowest BCUT2D eigenvalue weighted by atomic mass is 10.0. The number of halogens is 3. The Morgan fingerprint density at radius 1 is 1.00 bits per heavy atom. The number of amides is 1. The van der Waals surface area contributed by atoms with E-state index in [2.05, 4.69) is 16.5 Å². The number of hydrogen-bond donors (Lipinski definition) is 1. The van der Waals surface area contributed by atoms with Gasteiger partial charge in [0.2, 0.25) is 15.9 Å². The number of piperidine rings is 1. The minimum Gasteiger partial charge on any atom is -0.457 e. The highest BCUT2D eigenvalue weighted by atomic mass is 35.5. The van der Waals surface area contributed by atoms with Gasteiger partial charge in [-0.1, -0.05) is 31.5 Å². The Hall–Kier alpha value is -3.21. The van der Waals surface area contributed by atoms with Crippen LogP contribution in [0, 0.1) is 11.6 Å². The first-order valence-electron chi connectivity index (χ1n) is 13.9. The van der Waals surface area contributed by atoms with Crippen molar-refractivity contribution in [2.75, 3.05) is 30.6 Å². The summed E-state index contributed by atoms with van der Waals surface area (Å²) in [5, 5.41) is 0. The average Bonchev–Trinajstić information content (AvgIpc) is 2.93. The van der Waals surface area contributed by atoms with E-state index in [4.69, 9.17) is 4.74 Å². The number of carbonyl (C=O) groups excluding carboxylic acids is 1. The molecule has 1 aliphatic rings. The third-order valence-corrected chi connectivity index (χ3v) is 7.76. The molecule has 11 heteroatoms. The van der Waals surface area contributed by atoms with Crippen LogP contribution in [-0.2, 0) is 27.8 Å². The van der Waals surface area contributed by atoms with Gasteiger partial charge >= 0.3 is 0 Å². The Bertz CT molecular complexity index is 1420. The van der Waals surface area contributed by atoms with E-state index in [1.165, 1.54) is 12.1 Å². The summed E-state index contributed by atoms with van der Waals surface area (Å²) in [7, 11) is -3.33. The van der Waals surface area contributed by atoms with Gasteiger partial charge in [0.25, 0.3) is 0 Å². The molecular weight excluding hydrogens is 584 g/mol. The Morgan fingerprint density at radius 3 is 2.19 bits per heavy atom. The molecule has 0 bridgehead atoms. The fourth-order valence-electron chi connectivity index (χ4n) is 5.02. The van der Waals surface area contributed by atoms with Crippen molar-refractivity contribution in [3.8, 4) is 11.5 Å². The summed E-state index contributed by atoms with van der Waals surface area (Å²) < 4.78 is 58.5. The third-order valence-electron chi connectivity index (χ3n) is 7.15. The van der Waals surface area contributed by atoms with Crippen LogP contribution in [-0.4, -0.2) is 56.1 Å². The predicted molar refractivity (Wildman–Crippen MR) is 164 cm³/mol. The van der Waals surface area contributed by atoms with Crippen molar-refractivity contribution in [3.63, 3.8) is 0 Å². The number of ether oxygens (including phenoxy) is 1. The van der Waals surface area contributed by atoms with Gasteiger partial charge < -0.3 is 9.64 Å². The van der Waals surface area contributed by atoms with Crippen LogP contribution >= 0.6 is 12.4 Å². The highest BCUT2D eigenvalue weighted by molar-refractivity contribution is 7.92. The van der Waals surface area contributed by atoms with Gasteiger partial charge in [-0.15, -0.1) is 12.4 Å². The van der Waals surface area contributed by atoms with Crippen LogP contribution in [0.25, 0.3) is 0 Å². The largest absolute Gasteiger partial charge is 0.457 e. The van der Waals surface area contributed by atoms with Crippen LogP contribution in [0.2, 0.25) is 0 Å². The van der Waals surface area contributed by atoms with Crippen molar-refractivity contribution in [1.29, 1.82) is 0 Å². The van der Waals surface area contributed by atoms with Crippen molar-refractivity contribution in [1.82, 2.24) is 9.80 Å². The Kier molecular flexibility index (Phi) is 12.1. The average molecular weight is 622 g/mol. The number of nitrogens with zero attached hydrogens (tertiary/aromatic N) is 2. The van der Waals surface area contributed by atoms with Gasteiger partial charge in [-0.3, -0.25) is 14.4 Å². The second kappa shape index (κ2) is 15.3. The molecule has 0 atom stereocenters. The maximum atomic E-state index is 14.2. The molecular formula is C31H38ClF2N3O4S. The smallest absolute Gasteiger partial charge is 0.229 e. The second-order valence-electron chi connectivity index (χ2n) is 10.5.